The van der Waals surface area contributed by atoms with Crippen molar-refractivity contribution in [2.45, 2.75) is 39.0 Å². The molecule has 0 saturated carbocycles. The second-order valence-electron chi connectivity index (χ2n) is 6.59. The Labute approximate surface area is 161 Å². The molecule has 0 fully saturated rings. The molecule has 0 amide bonds. The normalized spacial score (nSPS) is 12.0. The van der Waals surface area contributed by atoms with Crippen LogP contribution in [0.4, 0.5) is 0 Å². The van der Waals surface area contributed by atoms with Gasteiger partial charge in [-0.2, -0.15) is 0 Å². The third-order valence-electron chi connectivity index (χ3n) is 4.15. The Balaban J connectivity index is 2.01. The minimum atomic E-state index is -0.736. The minimum absolute atomic E-state index is 0.0161. The third kappa shape index (κ3) is 7.81. The summed E-state index contributed by atoms with van der Waals surface area (Å²) < 4.78 is 10.4. The molecule has 2 aromatic carbocycles. The molecule has 0 saturated heterocycles. The zero-order valence-corrected chi connectivity index (χ0v) is 16.1. The predicted octanol–water partition coefficient (Wildman–Crippen LogP) is 3.40. The van der Waals surface area contributed by atoms with Crippen LogP contribution in [0.5, 0.6) is 5.75 Å². The van der Waals surface area contributed by atoms with Crippen molar-refractivity contribution in [3.63, 3.8) is 0 Å². The molecule has 2 aromatic rings. The summed E-state index contributed by atoms with van der Waals surface area (Å²) in [5.74, 6) is 0.542. The molecule has 0 aliphatic rings. The predicted molar refractivity (Wildman–Crippen MR) is 105 cm³/mol. The quantitative estimate of drug-likeness (QED) is 0.614. The Morgan fingerprint density at radius 1 is 1.07 bits per heavy atom. The fourth-order valence-corrected chi connectivity index (χ4v) is 2.87. The number of carbonyl (C=O) groups excluding carboxylic acids is 1. The van der Waals surface area contributed by atoms with E-state index >= 15 is 0 Å². The summed E-state index contributed by atoms with van der Waals surface area (Å²) in [6.45, 7) is 3.70. The average molecular weight is 371 g/mol. The summed E-state index contributed by atoms with van der Waals surface area (Å²) in [6.07, 6.45) is 0.384. The zero-order chi connectivity index (χ0) is 19.5. The largest absolute Gasteiger partial charge is 0.497 e. The number of hydrogen-bond acceptors (Lipinski definition) is 5. The maximum absolute atomic E-state index is 11.5. The maximum Gasteiger partial charge on any atom is 0.305 e. The van der Waals surface area contributed by atoms with E-state index in [1.807, 2.05) is 49.4 Å². The smallest absolute Gasteiger partial charge is 0.305 e. The van der Waals surface area contributed by atoms with Crippen LogP contribution in [0.3, 0.4) is 0 Å². The number of ether oxygens (including phenoxy) is 2. The maximum atomic E-state index is 11.5. The van der Waals surface area contributed by atoms with Gasteiger partial charge in [0.15, 0.2) is 0 Å². The Hall–Kier alpha value is -2.37. The minimum Gasteiger partial charge on any atom is -0.497 e. The van der Waals surface area contributed by atoms with E-state index in [1.165, 1.54) is 0 Å². The molecule has 2 rings (SSSR count). The van der Waals surface area contributed by atoms with Gasteiger partial charge in [-0.15, -0.1) is 0 Å². The van der Waals surface area contributed by atoms with E-state index < -0.39 is 6.10 Å². The molecule has 27 heavy (non-hydrogen) atoms. The lowest BCUT2D eigenvalue weighted by Crippen LogP contribution is -2.34. The molecular formula is C22H29NO4. The fraction of sp³-hybridized carbons (Fsp3) is 0.409. The van der Waals surface area contributed by atoms with Crippen molar-refractivity contribution in [3.8, 4) is 5.75 Å². The van der Waals surface area contributed by atoms with Crippen molar-refractivity contribution >= 4 is 5.97 Å². The van der Waals surface area contributed by atoms with E-state index in [9.17, 15) is 9.90 Å². The molecule has 0 bridgehead atoms. The van der Waals surface area contributed by atoms with Gasteiger partial charge in [-0.25, -0.2) is 0 Å². The van der Waals surface area contributed by atoms with Gasteiger partial charge in [0.05, 0.1) is 7.11 Å². The zero-order valence-electron chi connectivity index (χ0n) is 16.1. The van der Waals surface area contributed by atoms with Crippen LogP contribution in [0.1, 0.15) is 30.9 Å². The lowest BCUT2D eigenvalue weighted by atomic mass is 10.1. The number of benzene rings is 2. The molecule has 1 atom stereocenters. The summed E-state index contributed by atoms with van der Waals surface area (Å²) in [5, 5.41) is 10.3. The Morgan fingerprint density at radius 3 is 2.48 bits per heavy atom. The van der Waals surface area contributed by atoms with E-state index in [0.717, 1.165) is 23.3 Å². The first kappa shape index (κ1) is 20.9. The highest BCUT2D eigenvalue weighted by molar-refractivity contribution is 5.69. The lowest BCUT2D eigenvalue weighted by molar-refractivity contribution is -0.147. The second-order valence-corrected chi connectivity index (χ2v) is 6.59. The van der Waals surface area contributed by atoms with Crippen LogP contribution in [0, 0.1) is 0 Å². The molecule has 0 radical (unpaired) electrons. The summed E-state index contributed by atoms with van der Waals surface area (Å²) in [5.41, 5.74) is 2.26. The molecule has 1 N–H and O–H groups in total. The molecule has 0 heterocycles. The van der Waals surface area contributed by atoms with Crippen LogP contribution >= 0.6 is 0 Å². The molecule has 0 aromatic heterocycles. The number of esters is 1. The summed E-state index contributed by atoms with van der Waals surface area (Å²) in [4.78, 5) is 13.7. The highest BCUT2D eigenvalue weighted by Gasteiger charge is 2.15. The van der Waals surface area contributed by atoms with Gasteiger partial charge in [0.1, 0.15) is 18.5 Å². The van der Waals surface area contributed by atoms with Crippen molar-refractivity contribution in [3.05, 3.63) is 65.7 Å². The van der Waals surface area contributed by atoms with Crippen molar-refractivity contribution in [2.24, 2.45) is 0 Å². The third-order valence-corrected chi connectivity index (χ3v) is 4.15. The van der Waals surface area contributed by atoms with Gasteiger partial charge in [-0.1, -0.05) is 49.4 Å². The summed E-state index contributed by atoms with van der Waals surface area (Å²) in [6, 6.07) is 18.0. The van der Waals surface area contributed by atoms with Gasteiger partial charge in [-0.05, 0) is 29.7 Å². The average Bonchev–Trinajstić information content (AvgIpc) is 2.67. The van der Waals surface area contributed by atoms with Crippen LogP contribution in [0.15, 0.2) is 54.6 Å². The first-order valence-electron chi connectivity index (χ1n) is 9.33. The first-order valence-corrected chi connectivity index (χ1v) is 9.33. The second kappa shape index (κ2) is 11.4. The van der Waals surface area contributed by atoms with Crippen LogP contribution in [-0.2, 0) is 22.6 Å². The summed E-state index contributed by atoms with van der Waals surface area (Å²) >= 11 is 0. The molecule has 5 heteroatoms. The molecule has 0 aliphatic carbocycles. The van der Waals surface area contributed by atoms with Crippen LogP contribution in [-0.4, -0.2) is 42.3 Å². The van der Waals surface area contributed by atoms with Gasteiger partial charge in [0, 0.05) is 26.1 Å². The number of aliphatic hydroxyl groups excluding tert-OH is 1. The molecule has 0 spiro atoms. The fourth-order valence-electron chi connectivity index (χ4n) is 2.87. The van der Waals surface area contributed by atoms with Crippen molar-refractivity contribution in [1.82, 2.24) is 4.90 Å². The molecular weight excluding hydrogens is 342 g/mol. The molecule has 0 unspecified atom stereocenters. The Morgan fingerprint density at radius 2 is 1.78 bits per heavy atom. The number of rotatable bonds is 11. The van der Waals surface area contributed by atoms with E-state index in [2.05, 4.69) is 17.0 Å². The van der Waals surface area contributed by atoms with E-state index in [-0.39, 0.29) is 12.6 Å². The number of aliphatic hydroxyl groups is 1. The number of nitrogens with zero attached hydrogens (tertiary/aromatic N) is 1. The van der Waals surface area contributed by atoms with Gasteiger partial charge in [0.2, 0.25) is 0 Å². The standard InChI is InChI=1S/C22H29NO4/c1-3-8-22(25)27-17-20(24)16-23(14-18-9-5-4-6-10-18)15-19-11-7-12-21(13-19)26-2/h4-7,9-13,20,24H,3,8,14-17H2,1-2H3/t20-/m1/s1. The van der Waals surface area contributed by atoms with Crippen molar-refractivity contribution in [1.29, 1.82) is 0 Å². The van der Waals surface area contributed by atoms with Crippen LogP contribution < -0.4 is 4.74 Å². The van der Waals surface area contributed by atoms with E-state index in [1.54, 1.807) is 7.11 Å². The van der Waals surface area contributed by atoms with E-state index in [0.29, 0.717) is 26.1 Å². The summed E-state index contributed by atoms with van der Waals surface area (Å²) in [7, 11) is 1.65. The first-order chi connectivity index (χ1) is 13.1. The SMILES string of the molecule is CCCC(=O)OC[C@H](O)CN(Cc1ccccc1)Cc1cccc(OC)c1. The number of carbonyl (C=O) groups is 1. The molecule has 146 valence electrons. The van der Waals surface area contributed by atoms with Gasteiger partial charge >= 0.3 is 5.97 Å². The lowest BCUT2D eigenvalue weighted by Gasteiger charge is -2.25. The van der Waals surface area contributed by atoms with Gasteiger partial charge < -0.3 is 14.6 Å². The van der Waals surface area contributed by atoms with E-state index in [4.69, 9.17) is 9.47 Å². The Bertz CT molecular complexity index is 690. The highest BCUT2D eigenvalue weighted by Crippen LogP contribution is 2.16. The topological polar surface area (TPSA) is 59.0 Å². The van der Waals surface area contributed by atoms with Gasteiger partial charge in [-0.3, -0.25) is 9.69 Å². The monoisotopic (exact) mass is 371 g/mol. The van der Waals surface area contributed by atoms with Crippen LogP contribution in [0.25, 0.3) is 0 Å². The van der Waals surface area contributed by atoms with Gasteiger partial charge in [0.25, 0.3) is 0 Å². The van der Waals surface area contributed by atoms with Crippen LogP contribution in [0.2, 0.25) is 0 Å². The Kier molecular flexibility index (Phi) is 8.81. The number of methoxy groups -OCH3 is 1. The van der Waals surface area contributed by atoms with Crippen molar-refractivity contribution < 1.29 is 19.4 Å². The number of hydrogen-bond donors (Lipinski definition) is 1. The molecule has 5 nitrogen and oxygen atoms in total. The highest BCUT2D eigenvalue weighted by atomic mass is 16.5. The van der Waals surface area contributed by atoms with Crippen molar-refractivity contribution in [2.75, 3.05) is 20.3 Å². The molecule has 0 aliphatic heterocycles.